The van der Waals surface area contributed by atoms with Crippen molar-refractivity contribution in [2.45, 2.75) is 18.6 Å². The number of carbonyl (C=O) groups excluding carboxylic acids is 2. The molecule has 2 aromatic rings. The van der Waals surface area contributed by atoms with Crippen molar-refractivity contribution in [1.82, 2.24) is 5.32 Å². The maximum Gasteiger partial charge on any atom is 0.240 e. The van der Waals surface area contributed by atoms with Gasteiger partial charge in [0.25, 0.3) is 0 Å². The van der Waals surface area contributed by atoms with Gasteiger partial charge in [-0.3, -0.25) is 9.59 Å². The predicted octanol–water partition coefficient (Wildman–Crippen LogP) is 3.60. The van der Waals surface area contributed by atoms with Gasteiger partial charge >= 0.3 is 0 Å². The summed E-state index contributed by atoms with van der Waals surface area (Å²) in [6.07, 6.45) is 1.63. The van der Waals surface area contributed by atoms with Crippen molar-refractivity contribution in [3.63, 3.8) is 0 Å². The monoisotopic (exact) mass is 400 g/mol. The Labute approximate surface area is 166 Å². The number of thioether (sulfide) groups is 1. The van der Waals surface area contributed by atoms with Gasteiger partial charge in [0.2, 0.25) is 11.8 Å². The number of aryl methyl sites for hydroxylation is 1. The summed E-state index contributed by atoms with van der Waals surface area (Å²) in [6, 6.07) is 14.8. The molecule has 1 aliphatic rings. The minimum absolute atomic E-state index is 0.0316. The molecule has 6 nitrogen and oxygen atoms in total. The molecule has 0 radical (unpaired) electrons. The second-order valence-electron chi connectivity index (χ2n) is 5.87. The molecule has 1 fully saturated rings. The number of rotatable bonds is 5. The molecule has 2 aromatic carbocycles. The van der Waals surface area contributed by atoms with Crippen LogP contribution in [0, 0.1) is 6.92 Å². The van der Waals surface area contributed by atoms with Crippen LogP contribution >= 0.6 is 23.4 Å². The molecule has 0 aromatic heterocycles. The van der Waals surface area contributed by atoms with Gasteiger partial charge in [0.1, 0.15) is 5.25 Å². The van der Waals surface area contributed by atoms with Crippen molar-refractivity contribution >= 4 is 52.2 Å². The first-order valence-corrected chi connectivity index (χ1v) is 9.46. The van der Waals surface area contributed by atoms with Crippen molar-refractivity contribution in [1.29, 1.82) is 0 Å². The fourth-order valence-electron chi connectivity index (χ4n) is 2.37. The molecule has 3 rings (SSSR count). The van der Waals surface area contributed by atoms with Gasteiger partial charge < -0.3 is 10.6 Å². The lowest BCUT2D eigenvalue weighted by molar-refractivity contribution is -0.122. The largest absolute Gasteiger partial charge is 0.326 e. The fraction of sp³-hybridized carbons (Fsp3) is 0.158. The van der Waals surface area contributed by atoms with Crippen molar-refractivity contribution < 1.29 is 9.59 Å². The number of nitrogens with one attached hydrogen (secondary N) is 2. The maximum atomic E-state index is 12.3. The second kappa shape index (κ2) is 8.83. The van der Waals surface area contributed by atoms with Gasteiger partial charge in [-0.1, -0.05) is 59.8 Å². The summed E-state index contributed by atoms with van der Waals surface area (Å²) in [5.41, 5.74) is 2.44. The predicted molar refractivity (Wildman–Crippen MR) is 110 cm³/mol. The summed E-state index contributed by atoms with van der Waals surface area (Å²) < 4.78 is 0. The summed E-state index contributed by atoms with van der Waals surface area (Å²) in [4.78, 5) is 24.3. The van der Waals surface area contributed by atoms with Gasteiger partial charge in [-0.25, -0.2) is 0 Å². The number of benzene rings is 2. The number of anilines is 1. The zero-order valence-corrected chi connectivity index (χ0v) is 16.1. The number of carbonyl (C=O) groups is 2. The van der Waals surface area contributed by atoms with E-state index >= 15 is 0 Å². The van der Waals surface area contributed by atoms with Crippen LogP contribution in [0.4, 0.5) is 5.69 Å². The molecule has 2 amide bonds. The average Bonchev–Trinajstić information content (AvgIpc) is 2.98. The molecule has 8 heteroatoms. The third kappa shape index (κ3) is 5.42. The highest BCUT2D eigenvalue weighted by atomic mass is 35.5. The molecule has 2 N–H and O–H groups in total. The molecular formula is C19H17ClN4O2S. The Balaban J connectivity index is 1.57. The Bertz CT molecular complexity index is 915. The summed E-state index contributed by atoms with van der Waals surface area (Å²) in [7, 11) is 0. The highest BCUT2D eigenvalue weighted by Crippen LogP contribution is 2.24. The zero-order chi connectivity index (χ0) is 19.2. The molecule has 1 unspecified atom stereocenters. The number of amides is 2. The molecule has 1 aliphatic heterocycles. The summed E-state index contributed by atoms with van der Waals surface area (Å²) in [5.74, 6) is -0.520. The van der Waals surface area contributed by atoms with Crippen molar-refractivity contribution in [3.05, 3.63) is 64.7 Å². The lowest BCUT2D eigenvalue weighted by Gasteiger charge is -2.10. The summed E-state index contributed by atoms with van der Waals surface area (Å²) >= 11 is 7.15. The first kappa shape index (κ1) is 19.1. The molecule has 1 atom stereocenters. The second-order valence-corrected chi connectivity index (χ2v) is 7.50. The van der Waals surface area contributed by atoms with Gasteiger partial charge in [0, 0.05) is 17.1 Å². The Morgan fingerprint density at radius 1 is 1.30 bits per heavy atom. The van der Waals surface area contributed by atoms with Gasteiger partial charge in [-0.05, 0) is 30.2 Å². The number of nitrogens with zero attached hydrogens (tertiary/aromatic N) is 2. The number of hydrogen-bond donors (Lipinski definition) is 2. The van der Waals surface area contributed by atoms with Crippen molar-refractivity contribution in [3.8, 4) is 0 Å². The molecule has 27 heavy (non-hydrogen) atoms. The van der Waals surface area contributed by atoms with Crippen LogP contribution in [0.15, 0.2) is 58.7 Å². The molecular weight excluding hydrogens is 384 g/mol. The van der Waals surface area contributed by atoms with E-state index in [1.807, 2.05) is 43.3 Å². The normalized spacial score (nSPS) is 18.1. The van der Waals surface area contributed by atoms with E-state index in [0.717, 1.165) is 11.1 Å². The first-order valence-electron chi connectivity index (χ1n) is 8.21. The maximum absolute atomic E-state index is 12.3. The number of amidine groups is 1. The van der Waals surface area contributed by atoms with Gasteiger partial charge in [-0.15, -0.1) is 5.10 Å². The lowest BCUT2D eigenvalue weighted by atomic mass is 10.2. The quantitative estimate of drug-likeness (QED) is 0.594. The van der Waals surface area contributed by atoms with Crippen LogP contribution in [0.1, 0.15) is 17.5 Å². The third-order valence-electron chi connectivity index (χ3n) is 3.78. The number of halogens is 1. The highest BCUT2D eigenvalue weighted by Gasteiger charge is 2.32. The SMILES string of the molecule is Cc1ccc(Cl)cc1NC(=O)CC1S/C(=N/N=Cc2ccccc2)NC1=O. The topological polar surface area (TPSA) is 82.9 Å². The smallest absolute Gasteiger partial charge is 0.240 e. The third-order valence-corrected chi connectivity index (χ3v) is 5.08. The molecule has 0 spiro atoms. The molecule has 0 bridgehead atoms. The van der Waals surface area contributed by atoms with Crippen LogP contribution in [0.5, 0.6) is 0 Å². The molecule has 1 heterocycles. The molecule has 1 saturated heterocycles. The standard InChI is InChI=1S/C19H17ClN4O2S/c1-12-7-8-14(20)9-15(12)22-17(25)10-16-18(26)23-19(27-16)24-21-11-13-5-3-2-4-6-13/h2-9,11,16H,10H2,1H3,(H,22,25)(H,23,24,26). The van der Waals surface area contributed by atoms with E-state index in [9.17, 15) is 9.59 Å². The van der Waals surface area contributed by atoms with E-state index in [1.165, 1.54) is 11.8 Å². The number of hydrogen-bond acceptors (Lipinski definition) is 5. The fourth-order valence-corrected chi connectivity index (χ4v) is 3.47. The van der Waals surface area contributed by atoms with Gasteiger partial charge in [0.05, 0.1) is 6.21 Å². The van der Waals surface area contributed by atoms with Crippen molar-refractivity contribution in [2.24, 2.45) is 10.2 Å². The summed E-state index contributed by atoms with van der Waals surface area (Å²) in [6.45, 7) is 1.87. The van der Waals surface area contributed by atoms with Crippen LogP contribution in [-0.4, -0.2) is 28.4 Å². The Morgan fingerprint density at radius 3 is 2.85 bits per heavy atom. The van der Waals surface area contributed by atoms with Crippen LogP contribution in [-0.2, 0) is 9.59 Å². The Kier molecular flexibility index (Phi) is 6.26. The molecule has 138 valence electrons. The minimum atomic E-state index is -0.546. The van der Waals surface area contributed by atoms with Crippen LogP contribution in [0.25, 0.3) is 0 Å². The van der Waals surface area contributed by atoms with Crippen LogP contribution in [0.2, 0.25) is 5.02 Å². The zero-order valence-electron chi connectivity index (χ0n) is 14.5. The first-order chi connectivity index (χ1) is 13.0. The van der Waals surface area contributed by atoms with E-state index in [2.05, 4.69) is 20.8 Å². The van der Waals surface area contributed by atoms with Crippen LogP contribution < -0.4 is 10.6 Å². The molecule has 0 aliphatic carbocycles. The van der Waals surface area contributed by atoms with E-state index < -0.39 is 5.25 Å². The molecule has 0 saturated carbocycles. The summed E-state index contributed by atoms with van der Waals surface area (Å²) in [5, 5.41) is 13.8. The lowest BCUT2D eigenvalue weighted by Crippen LogP contribution is -2.28. The van der Waals surface area contributed by atoms with Crippen molar-refractivity contribution in [2.75, 3.05) is 5.32 Å². The van der Waals surface area contributed by atoms with E-state index in [0.29, 0.717) is 15.9 Å². The minimum Gasteiger partial charge on any atom is -0.326 e. The van der Waals surface area contributed by atoms with Gasteiger partial charge in [-0.2, -0.15) is 5.10 Å². The Hall–Kier alpha value is -2.64. The Morgan fingerprint density at radius 2 is 2.07 bits per heavy atom. The highest BCUT2D eigenvalue weighted by molar-refractivity contribution is 8.15. The van der Waals surface area contributed by atoms with Gasteiger partial charge in [0.15, 0.2) is 5.17 Å². The average molecular weight is 401 g/mol. The van der Waals surface area contributed by atoms with E-state index in [-0.39, 0.29) is 18.2 Å². The van der Waals surface area contributed by atoms with Crippen LogP contribution in [0.3, 0.4) is 0 Å². The van der Waals surface area contributed by atoms with E-state index in [1.54, 1.807) is 18.3 Å². The van der Waals surface area contributed by atoms with E-state index in [4.69, 9.17) is 11.6 Å².